The van der Waals surface area contributed by atoms with Crippen LogP contribution in [0.3, 0.4) is 0 Å². The SMILES string of the molecule is CCOC(=O)c1cccc(Nc2nc(-c3ccccc3)cs2)c1. The third-order valence-electron chi connectivity index (χ3n) is 3.20. The molecule has 5 heteroatoms. The maximum Gasteiger partial charge on any atom is 0.338 e. The number of ether oxygens (including phenoxy) is 1. The molecule has 0 unspecified atom stereocenters. The van der Waals surface area contributed by atoms with Crippen molar-refractivity contribution in [3.05, 3.63) is 65.5 Å². The molecular formula is C18H16N2O2S. The van der Waals surface area contributed by atoms with Crippen molar-refractivity contribution in [2.75, 3.05) is 11.9 Å². The van der Waals surface area contributed by atoms with Gasteiger partial charge < -0.3 is 10.1 Å². The Morgan fingerprint density at radius 2 is 2.00 bits per heavy atom. The molecule has 23 heavy (non-hydrogen) atoms. The van der Waals surface area contributed by atoms with Gasteiger partial charge in [-0.3, -0.25) is 0 Å². The molecule has 116 valence electrons. The second-order valence-corrected chi connectivity index (χ2v) is 5.69. The largest absolute Gasteiger partial charge is 0.462 e. The Morgan fingerprint density at radius 3 is 2.78 bits per heavy atom. The van der Waals surface area contributed by atoms with E-state index in [4.69, 9.17) is 4.74 Å². The van der Waals surface area contributed by atoms with Gasteiger partial charge in [0.2, 0.25) is 0 Å². The average molecular weight is 324 g/mol. The van der Waals surface area contributed by atoms with E-state index >= 15 is 0 Å². The molecule has 0 saturated carbocycles. The number of thiazole rings is 1. The lowest BCUT2D eigenvalue weighted by Gasteiger charge is -2.05. The van der Waals surface area contributed by atoms with Crippen LogP contribution in [0.15, 0.2) is 60.0 Å². The van der Waals surface area contributed by atoms with Crippen LogP contribution in [-0.2, 0) is 4.74 Å². The molecule has 0 aliphatic rings. The molecule has 0 atom stereocenters. The van der Waals surface area contributed by atoms with Gasteiger partial charge in [-0.15, -0.1) is 11.3 Å². The zero-order chi connectivity index (χ0) is 16.1. The molecule has 0 amide bonds. The van der Waals surface area contributed by atoms with Crippen molar-refractivity contribution >= 4 is 28.1 Å². The van der Waals surface area contributed by atoms with E-state index in [9.17, 15) is 4.79 Å². The molecule has 3 aromatic rings. The van der Waals surface area contributed by atoms with Crippen molar-refractivity contribution in [2.45, 2.75) is 6.92 Å². The predicted molar refractivity (Wildman–Crippen MR) is 93.2 cm³/mol. The van der Waals surface area contributed by atoms with Gasteiger partial charge in [-0.05, 0) is 25.1 Å². The number of esters is 1. The van der Waals surface area contributed by atoms with Crippen molar-refractivity contribution < 1.29 is 9.53 Å². The van der Waals surface area contributed by atoms with E-state index in [1.165, 1.54) is 11.3 Å². The number of rotatable bonds is 5. The van der Waals surface area contributed by atoms with Crippen LogP contribution in [0, 0.1) is 0 Å². The van der Waals surface area contributed by atoms with Crippen LogP contribution in [0.25, 0.3) is 11.3 Å². The second kappa shape index (κ2) is 7.07. The summed E-state index contributed by atoms with van der Waals surface area (Å²) in [5.41, 5.74) is 3.35. The summed E-state index contributed by atoms with van der Waals surface area (Å²) in [5.74, 6) is -0.319. The summed E-state index contributed by atoms with van der Waals surface area (Å²) in [4.78, 5) is 16.4. The molecular weight excluding hydrogens is 308 g/mol. The molecule has 0 fully saturated rings. The zero-order valence-corrected chi connectivity index (χ0v) is 13.5. The molecule has 1 heterocycles. The third-order valence-corrected chi connectivity index (χ3v) is 3.96. The highest BCUT2D eigenvalue weighted by molar-refractivity contribution is 7.14. The van der Waals surface area contributed by atoms with E-state index in [2.05, 4.69) is 10.3 Å². The number of aromatic nitrogens is 1. The molecule has 4 nitrogen and oxygen atoms in total. The van der Waals surface area contributed by atoms with E-state index in [0.717, 1.165) is 22.1 Å². The number of hydrogen-bond donors (Lipinski definition) is 1. The van der Waals surface area contributed by atoms with E-state index < -0.39 is 0 Å². The van der Waals surface area contributed by atoms with Gasteiger partial charge in [0.25, 0.3) is 0 Å². The maximum absolute atomic E-state index is 11.8. The second-order valence-electron chi connectivity index (χ2n) is 4.83. The number of anilines is 2. The van der Waals surface area contributed by atoms with Gasteiger partial charge in [-0.2, -0.15) is 0 Å². The van der Waals surface area contributed by atoms with Crippen molar-refractivity contribution in [2.24, 2.45) is 0 Å². The fraction of sp³-hybridized carbons (Fsp3) is 0.111. The summed E-state index contributed by atoms with van der Waals surface area (Å²) in [6.07, 6.45) is 0. The van der Waals surface area contributed by atoms with Crippen LogP contribution in [0.1, 0.15) is 17.3 Å². The predicted octanol–water partition coefficient (Wildman–Crippen LogP) is 4.73. The minimum atomic E-state index is -0.319. The number of hydrogen-bond acceptors (Lipinski definition) is 5. The Hall–Kier alpha value is -2.66. The van der Waals surface area contributed by atoms with Gasteiger partial charge in [-0.1, -0.05) is 36.4 Å². The first-order valence-electron chi connectivity index (χ1n) is 7.31. The third kappa shape index (κ3) is 3.76. The summed E-state index contributed by atoms with van der Waals surface area (Å²) in [6.45, 7) is 2.16. The quantitative estimate of drug-likeness (QED) is 0.689. The van der Waals surface area contributed by atoms with Crippen LogP contribution >= 0.6 is 11.3 Å². The first-order chi connectivity index (χ1) is 11.3. The maximum atomic E-state index is 11.8. The Kier molecular flexibility index (Phi) is 4.68. The molecule has 0 aliphatic heterocycles. The zero-order valence-electron chi connectivity index (χ0n) is 12.7. The number of carbonyl (C=O) groups excluding carboxylic acids is 1. The topological polar surface area (TPSA) is 51.2 Å². The smallest absolute Gasteiger partial charge is 0.338 e. The fourth-order valence-electron chi connectivity index (χ4n) is 2.13. The molecule has 0 bridgehead atoms. The summed E-state index contributed by atoms with van der Waals surface area (Å²) < 4.78 is 5.02. The van der Waals surface area contributed by atoms with Crippen LogP contribution in [0.2, 0.25) is 0 Å². The minimum absolute atomic E-state index is 0.319. The van der Waals surface area contributed by atoms with Crippen molar-refractivity contribution in [1.29, 1.82) is 0 Å². The monoisotopic (exact) mass is 324 g/mol. The lowest BCUT2D eigenvalue weighted by atomic mass is 10.2. The molecule has 2 aromatic carbocycles. The Morgan fingerprint density at radius 1 is 1.17 bits per heavy atom. The van der Waals surface area contributed by atoms with Crippen LogP contribution in [-0.4, -0.2) is 17.6 Å². The summed E-state index contributed by atoms with van der Waals surface area (Å²) in [5, 5.41) is 6.02. The van der Waals surface area contributed by atoms with Crippen LogP contribution in [0.5, 0.6) is 0 Å². The van der Waals surface area contributed by atoms with Crippen molar-refractivity contribution in [3.8, 4) is 11.3 Å². The highest BCUT2D eigenvalue weighted by Gasteiger charge is 2.08. The lowest BCUT2D eigenvalue weighted by Crippen LogP contribution is -2.04. The Labute approximate surface area is 138 Å². The van der Waals surface area contributed by atoms with Crippen LogP contribution < -0.4 is 5.32 Å². The van der Waals surface area contributed by atoms with Crippen molar-refractivity contribution in [3.63, 3.8) is 0 Å². The van der Waals surface area contributed by atoms with Gasteiger partial charge in [0, 0.05) is 16.6 Å². The number of nitrogens with one attached hydrogen (secondary N) is 1. The molecule has 0 radical (unpaired) electrons. The Bertz CT molecular complexity index is 800. The Balaban J connectivity index is 1.76. The normalized spacial score (nSPS) is 10.3. The van der Waals surface area contributed by atoms with E-state index in [0.29, 0.717) is 12.2 Å². The molecule has 1 N–H and O–H groups in total. The molecule has 1 aromatic heterocycles. The average Bonchev–Trinajstić information content (AvgIpc) is 3.05. The summed E-state index contributed by atoms with van der Waals surface area (Å²) in [7, 11) is 0. The van der Waals surface area contributed by atoms with Crippen molar-refractivity contribution in [1.82, 2.24) is 4.98 Å². The number of benzene rings is 2. The highest BCUT2D eigenvalue weighted by atomic mass is 32.1. The van der Waals surface area contributed by atoms with E-state index in [-0.39, 0.29) is 5.97 Å². The molecule has 0 aliphatic carbocycles. The molecule has 0 spiro atoms. The highest BCUT2D eigenvalue weighted by Crippen LogP contribution is 2.27. The molecule has 3 rings (SSSR count). The van der Waals surface area contributed by atoms with E-state index in [1.54, 1.807) is 19.1 Å². The van der Waals surface area contributed by atoms with Crippen LogP contribution in [0.4, 0.5) is 10.8 Å². The van der Waals surface area contributed by atoms with Gasteiger partial charge in [-0.25, -0.2) is 9.78 Å². The standard InChI is InChI=1S/C18H16N2O2S/c1-2-22-17(21)14-9-6-10-15(11-14)19-18-20-16(12-23-18)13-7-4-3-5-8-13/h3-12H,2H2,1H3,(H,19,20). The lowest BCUT2D eigenvalue weighted by molar-refractivity contribution is 0.0526. The van der Waals surface area contributed by atoms with Gasteiger partial charge in [0.15, 0.2) is 5.13 Å². The van der Waals surface area contributed by atoms with E-state index in [1.807, 2.05) is 47.8 Å². The first-order valence-corrected chi connectivity index (χ1v) is 8.19. The first kappa shape index (κ1) is 15.2. The fourth-order valence-corrected chi connectivity index (χ4v) is 2.87. The summed E-state index contributed by atoms with van der Waals surface area (Å²) in [6, 6.07) is 17.2. The molecule has 0 saturated heterocycles. The van der Waals surface area contributed by atoms with Gasteiger partial charge >= 0.3 is 5.97 Å². The number of carbonyl (C=O) groups is 1. The minimum Gasteiger partial charge on any atom is -0.462 e. The van der Waals surface area contributed by atoms with Gasteiger partial charge in [0.1, 0.15) is 0 Å². The number of nitrogens with zero attached hydrogens (tertiary/aromatic N) is 1. The van der Waals surface area contributed by atoms with Gasteiger partial charge in [0.05, 0.1) is 17.9 Å². The summed E-state index contributed by atoms with van der Waals surface area (Å²) >= 11 is 1.53.